The summed E-state index contributed by atoms with van der Waals surface area (Å²) in [6, 6.07) is 6.71. The number of carbonyl (C=O) groups excluding carboxylic acids is 3. The second kappa shape index (κ2) is 5.00. The number of piperidine rings is 1. The van der Waals surface area contributed by atoms with E-state index < -0.39 is 17.8 Å². The highest BCUT2D eigenvalue weighted by Crippen LogP contribution is 2.14. The molecule has 1 aliphatic heterocycles. The van der Waals surface area contributed by atoms with Crippen LogP contribution in [0.2, 0.25) is 0 Å². The highest BCUT2D eigenvalue weighted by Gasteiger charge is 2.30. The molecule has 1 heterocycles. The Morgan fingerprint density at radius 1 is 1.11 bits per heavy atom. The van der Waals surface area contributed by atoms with Crippen molar-refractivity contribution in [2.75, 3.05) is 0 Å². The van der Waals surface area contributed by atoms with Crippen molar-refractivity contribution in [3.8, 4) is 0 Å². The number of benzene rings is 1. The normalized spacial score (nSPS) is 15.7. The summed E-state index contributed by atoms with van der Waals surface area (Å²) in [5.41, 5.74) is 1.32. The lowest BCUT2D eigenvalue weighted by molar-refractivity contribution is -0.184. The molecule has 94 valence electrons. The molecule has 0 aromatic heterocycles. The Morgan fingerprint density at radius 2 is 1.67 bits per heavy atom. The Balaban J connectivity index is 2.08. The van der Waals surface area contributed by atoms with Crippen LogP contribution in [0.1, 0.15) is 35.2 Å². The van der Waals surface area contributed by atoms with Gasteiger partial charge in [0.15, 0.2) is 0 Å². The zero-order valence-corrected chi connectivity index (χ0v) is 10.0. The molecule has 0 radical (unpaired) electrons. The van der Waals surface area contributed by atoms with E-state index in [2.05, 4.69) is 0 Å². The highest BCUT2D eigenvalue weighted by atomic mass is 16.7. The third-order valence-electron chi connectivity index (χ3n) is 2.70. The van der Waals surface area contributed by atoms with Gasteiger partial charge in [0.05, 0.1) is 5.56 Å². The molecule has 1 aliphatic rings. The smallest absolute Gasteiger partial charge is 0.325 e. The zero-order chi connectivity index (χ0) is 13.1. The summed E-state index contributed by atoms with van der Waals surface area (Å²) < 4.78 is 0. The van der Waals surface area contributed by atoms with Crippen molar-refractivity contribution >= 4 is 17.8 Å². The van der Waals surface area contributed by atoms with Gasteiger partial charge in [0.2, 0.25) is 0 Å². The number of rotatable bonds is 2. The molecule has 0 N–H and O–H groups in total. The lowest BCUT2D eigenvalue weighted by atomic mass is 10.1. The van der Waals surface area contributed by atoms with Crippen molar-refractivity contribution in [3.05, 3.63) is 35.4 Å². The fourth-order valence-corrected chi connectivity index (χ4v) is 1.66. The molecule has 0 bridgehead atoms. The van der Waals surface area contributed by atoms with Crippen molar-refractivity contribution in [3.63, 3.8) is 0 Å². The van der Waals surface area contributed by atoms with Crippen molar-refractivity contribution in [1.82, 2.24) is 5.06 Å². The molecular weight excluding hydrogens is 234 g/mol. The summed E-state index contributed by atoms with van der Waals surface area (Å²) in [5, 5.41) is 0.575. The van der Waals surface area contributed by atoms with Crippen LogP contribution in [0.15, 0.2) is 24.3 Å². The van der Waals surface area contributed by atoms with Gasteiger partial charge in [-0.1, -0.05) is 17.7 Å². The van der Waals surface area contributed by atoms with E-state index in [-0.39, 0.29) is 12.8 Å². The van der Waals surface area contributed by atoms with Gasteiger partial charge < -0.3 is 4.84 Å². The standard InChI is InChI=1S/C13H13NO4/c1-9-5-7-10(8-6-9)13(17)18-14-11(15)3-2-4-12(14)16/h5-8H,2-4H2,1H3. The molecule has 1 fully saturated rings. The maximum absolute atomic E-state index is 11.7. The van der Waals surface area contributed by atoms with Crippen molar-refractivity contribution in [2.45, 2.75) is 26.2 Å². The van der Waals surface area contributed by atoms with E-state index in [1.807, 2.05) is 6.92 Å². The van der Waals surface area contributed by atoms with Crippen LogP contribution in [-0.2, 0) is 14.4 Å². The minimum atomic E-state index is -0.696. The number of hydrogen-bond acceptors (Lipinski definition) is 4. The molecule has 18 heavy (non-hydrogen) atoms. The zero-order valence-electron chi connectivity index (χ0n) is 10.0. The maximum Gasteiger partial charge on any atom is 0.363 e. The van der Waals surface area contributed by atoms with Crippen LogP contribution in [0.25, 0.3) is 0 Å². The Morgan fingerprint density at radius 3 is 2.22 bits per heavy atom. The van der Waals surface area contributed by atoms with Crippen LogP contribution >= 0.6 is 0 Å². The summed E-state index contributed by atoms with van der Waals surface area (Å²) >= 11 is 0. The minimum Gasteiger partial charge on any atom is -0.325 e. The second-order valence-corrected chi connectivity index (χ2v) is 4.18. The van der Waals surface area contributed by atoms with E-state index in [1.165, 1.54) is 0 Å². The summed E-state index contributed by atoms with van der Waals surface area (Å²) in [4.78, 5) is 39.5. The van der Waals surface area contributed by atoms with Gasteiger partial charge in [-0.3, -0.25) is 9.59 Å². The Kier molecular flexibility index (Phi) is 3.41. The van der Waals surface area contributed by atoms with Crippen LogP contribution in [0.4, 0.5) is 0 Å². The Labute approximate surface area is 104 Å². The number of hydrogen-bond donors (Lipinski definition) is 0. The molecule has 1 aromatic carbocycles. The lowest BCUT2D eigenvalue weighted by Crippen LogP contribution is -2.41. The summed E-state index contributed by atoms with van der Waals surface area (Å²) in [6.07, 6.45) is 0.968. The number of carbonyl (C=O) groups is 3. The molecule has 2 rings (SSSR count). The van der Waals surface area contributed by atoms with E-state index in [0.717, 1.165) is 5.56 Å². The largest absolute Gasteiger partial charge is 0.363 e. The summed E-state index contributed by atoms with van der Waals surface area (Å²) in [5.74, 6) is -1.63. The summed E-state index contributed by atoms with van der Waals surface area (Å²) in [7, 11) is 0. The van der Waals surface area contributed by atoms with Gasteiger partial charge in [0.1, 0.15) is 0 Å². The van der Waals surface area contributed by atoms with Crippen LogP contribution in [0.3, 0.4) is 0 Å². The molecule has 1 saturated heterocycles. The highest BCUT2D eigenvalue weighted by molar-refractivity contribution is 5.99. The van der Waals surface area contributed by atoms with E-state index >= 15 is 0 Å². The van der Waals surface area contributed by atoms with Gasteiger partial charge in [0, 0.05) is 12.8 Å². The summed E-state index contributed by atoms with van der Waals surface area (Å²) in [6.45, 7) is 1.90. The predicted molar refractivity (Wildman–Crippen MR) is 62.3 cm³/mol. The molecule has 0 atom stereocenters. The molecular formula is C13H13NO4. The maximum atomic E-state index is 11.7. The fourth-order valence-electron chi connectivity index (χ4n) is 1.66. The number of hydroxylamine groups is 2. The van der Waals surface area contributed by atoms with Crippen LogP contribution < -0.4 is 0 Å². The Hall–Kier alpha value is -2.17. The molecule has 0 unspecified atom stereocenters. The van der Waals surface area contributed by atoms with Gasteiger partial charge in [-0.2, -0.15) is 0 Å². The van der Waals surface area contributed by atoms with Gasteiger partial charge in [-0.05, 0) is 25.5 Å². The molecule has 5 heteroatoms. The molecule has 0 saturated carbocycles. The van der Waals surface area contributed by atoms with Crippen LogP contribution in [-0.4, -0.2) is 22.8 Å². The van der Waals surface area contributed by atoms with Crippen molar-refractivity contribution in [1.29, 1.82) is 0 Å². The van der Waals surface area contributed by atoms with E-state index in [4.69, 9.17) is 4.84 Å². The van der Waals surface area contributed by atoms with E-state index in [1.54, 1.807) is 24.3 Å². The van der Waals surface area contributed by atoms with Crippen molar-refractivity contribution in [2.24, 2.45) is 0 Å². The second-order valence-electron chi connectivity index (χ2n) is 4.18. The first-order chi connectivity index (χ1) is 8.58. The van der Waals surface area contributed by atoms with E-state index in [9.17, 15) is 14.4 Å². The van der Waals surface area contributed by atoms with Gasteiger partial charge in [0.25, 0.3) is 11.8 Å². The molecule has 1 aromatic rings. The van der Waals surface area contributed by atoms with Gasteiger partial charge >= 0.3 is 5.97 Å². The average Bonchev–Trinajstić information content (AvgIpc) is 2.34. The fraction of sp³-hybridized carbons (Fsp3) is 0.308. The lowest BCUT2D eigenvalue weighted by Gasteiger charge is -2.22. The van der Waals surface area contributed by atoms with Crippen molar-refractivity contribution < 1.29 is 19.2 Å². The topological polar surface area (TPSA) is 63.7 Å². The minimum absolute atomic E-state index is 0.229. The first kappa shape index (κ1) is 12.3. The SMILES string of the molecule is Cc1ccc(C(=O)ON2C(=O)CCCC2=O)cc1. The van der Waals surface area contributed by atoms with E-state index in [0.29, 0.717) is 17.0 Å². The van der Waals surface area contributed by atoms with Gasteiger partial charge in [-0.15, -0.1) is 5.06 Å². The van der Waals surface area contributed by atoms with Gasteiger partial charge in [-0.25, -0.2) is 4.79 Å². The number of nitrogens with zero attached hydrogens (tertiary/aromatic N) is 1. The third kappa shape index (κ3) is 2.56. The molecule has 0 aliphatic carbocycles. The third-order valence-corrected chi connectivity index (χ3v) is 2.70. The quantitative estimate of drug-likeness (QED) is 0.745. The number of aryl methyl sites for hydroxylation is 1. The average molecular weight is 247 g/mol. The Bertz CT molecular complexity index is 476. The number of amides is 2. The first-order valence-corrected chi connectivity index (χ1v) is 5.72. The predicted octanol–water partition coefficient (Wildman–Crippen LogP) is 1.61. The van der Waals surface area contributed by atoms with Crippen LogP contribution in [0.5, 0.6) is 0 Å². The van der Waals surface area contributed by atoms with Crippen LogP contribution in [0, 0.1) is 6.92 Å². The number of imide groups is 1. The molecule has 5 nitrogen and oxygen atoms in total. The molecule has 0 spiro atoms. The molecule has 2 amide bonds. The first-order valence-electron chi connectivity index (χ1n) is 5.72. The monoisotopic (exact) mass is 247 g/mol.